The van der Waals surface area contributed by atoms with Gasteiger partial charge in [-0.15, -0.1) is 11.3 Å². The van der Waals surface area contributed by atoms with Crippen LogP contribution < -0.4 is 0 Å². The predicted octanol–water partition coefficient (Wildman–Crippen LogP) is 4.96. The first kappa shape index (κ1) is 23.9. The van der Waals surface area contributed by atoms with E-state index in [1.54, 1.807) is 11.8 Å². The fourth-order valence-corrected chi connectivity index (χ4v) is 5.23. The number of rotatable bonds is 8. The van der Waals surface area contributed by atoms with Gasteiger partial charge >= 0.3 is 0 Å². The van der Waals surface area contributed by atoms with Gasteiger partial charge in [0, 0.05) is 12.1 Å². The summed E-state index contributed by atoms with van der Waals surface area (Å²) in [7, 11) is 3.95. The van der Waals surface area contributed by atoms with Crippen LogP contribution in [0.5, 0.6) is 0 Å². The maximum Gasteiger partial charge on any atom is 0.290 e. The van der Waals surface area contributed by atoms with Gasteiger partial charge in [-0.1, -0.05) is 60.2 Å². The number of aliphatic hydroxyl groups excluding tert-OH is 1. The van der Waals surface area contributed by atoms with Crippen molar-refractivity contribution in [3.05, 3.63) is 87.6 Å². The molecule has 0 saturated heterocycles. The van der Waals surface area contributed by atoms with E-state index in [2.05, 4.69) is 4.98 Å². The molecule has 1 N–H and O–H groups in total. The minimum Gasteiger partial charge on any atom is -0.503 e. The molecule has 1 amide bonds. The van der Waals surface area contributed by atoms with Crippen molar-refractivity contribution in [1.29, 1.82) is 0 Å². The molecule has 4 rings (SSSR count). The van der Waals surface area contributed by atoms with Gasteiger partial charge in [-0.3, -0.25) is 9.59 Å². The Hall–Kier alpha value is -3.29. The third-order valence-corrected chi connectivity index (χ3v) is 7.17. The summed E-state index contributed by atoms with van der Waals surface area (Å²) in [5, 5.41) is 11.6. The largest absolute Gasteiger partial charge is 0.503 e. The second-order valence-electron chi connectivity index (χ2n) is 8.86. The van der Waals surface area contributed by atoms with E-state index >= 15 is 0 Å². The molecule has 1 aromatic heterocycles. The molecule has 2 heterocycles. The standard InChI is InChI=1S/C27H29N3O3S/c1-17-11-13-19(14-12-17)22-21(24(32)27(33)30(22)16-8-15-29(3)4)23(31)25-18(2)28-26(34-25)20-9-6-5-7-10-20/h5-7,9-14,22,32H,8,15-16H2,1-4H3. The topological polar surface area (TPSA) is 73.7 Å². The third kappa shape index (κ3) is 4.67. The summed E-state index contributed by atoms with van der Waals surface area (Å²) in [5.41, 5.74) is 3.54. The van der Waals surface area contributed by atoms with Gasteiger partial charge in [-0.2, -0.15) is 0 Å². The second-order valence-corrected chi connectivity index (χ2v) is 9.86. The monoisotopic (exact) mass is 475 g/mol. The van der Waals surface area contributed by atoms with Crippen LogP contribution in [0.25, 0.3) is 10.6 Å². The number of aliphatic hydroxyl groups is 1. The molecule has 6 nitrogen and oxygen atoms in total. The highest BCUT2D eigenvalue weighted by Gasteiger charge is 2.44. The Bertz CT molecular complexity index is 1230. The highest BCUT2D eigenvalue weighted by Crippen LogP contribution is 2.41. The lowest BCUT2D eigenvalue weighted by Gasteiger charge is -2.27. The Balaban J connectivity index is 1.73. The summed E-state index contributed by atoms with van der Waals surface area (Å²) >= 11 is 1.29. The van der Waals surface area contributed by atoms with Gasteiger partial charge in [-0.25, -0.2) is 4.98 Å². The van der Waals surface area contributed by atoms with Crippen LogP contribution in [0.4, 0.5) is 0 Å². The van der Waals surface area contributed by atoms with E-state index in [-0.39, 0.29) is 11.4 Å². The van der Waals surface area contributed by atoms with Crippen LogP contribution in [-0.4, -0.2) is 58.8 Å². The molecule has 0 bridgehead atoms. The van der Waals surface area contributed by atoms with Crippen LogP contribution in [0, 0.1) is 13.8 Å². The van der Waals surface area contributed by atoms with E-state index in [4.69, 9.17) is 0 Å². The zero-order chi connectivity index (χ0) is 24.4. The van der Waals surface area contributed by atoms with Crippen molar-refractivity contribution in [1.82, 2.24) is 14.8 Å². The van der Waals surface area contributed by atoms with Crippen molar-refractivity contribution in [2.24, 2.45) is 0 Å². The summed E-state index contributed by atoms with van der Waals surface area (Å²) in [6, 6.07) is 16.8. The number of amides is 1. The molecule has 1 aliphatic rings. The van der Waals surface area contributed by atoms with E-state index in [1.165, 1.54) is 11.3 Å². The SMILES string of the molecule is Cc1ccc(C2C(C(=O)c3sc(-c4ccccc4)nc3C)=C(O)C(=O)N2CCCN(C)C)cc1. The zero-order valence-electron chi connectivity index (χ0n) is 19.9. The molecule has 2 aromatic carbocycles. The van der Waals surface area contributed by atoms with Crippen molar-refractivity contribution in [2.75, 3.05) is 27.2 Å². The minimum atomic E-state index is -0.635. The number of carbonyl (C=O) groups is 2. The van der Waals surface area contributed by atoms with Crippen LogP contribution in [0.1, 0.15) is 39.0 Å². The van der Waals surface area contributed by atoms with E-state index < -0.39 is 17.7 Å². The van der Waals surface area contributed by atoms with Crippen LogP contribution in [0.15, 0.2) is 65.9 Å². The molecule has 0 fully saturated rings. The smallest absolute Gasteiger partial charge is 0.290 e. The molecule has 1 aliphatic heterocycles. The van der Waals surface area contributed by atoms with Crippen molar-refractivity contribution >= 4 is 23.0 Å². The van der Waals surface area contributed by atoms with Gasteiger partial charge in [-0.05, 0) is 46.5 Å². The van der Waals surface area contributed by atoms with Crippen LogP contribution in [0.2, 0.25) is 0 Å². The number of carbonyl (C=O) groups excluding carboxylic acids is 2. The van der Waals surface area contributed by atoms with E-state index in [0.717, 1.165) is 34.7 Å². The molecule has 0 saturated carbocycles. The number of thiazole rings is 1. The van der Waals surface area contributed by atoms with E-state index in [9.17, 15) is 14.7 Å². The quantitative estimate of drug-likeness (QED) is 0.466. The molecule has 34 heavy (non-hydrogen) atoms. The lowest BCUT2D eigenvalue weighted by molar-refractivity contribution is -0.129. The van der Waals surface area contributed by atoms with Gasteiger partial charge in [0.1, 0.15) is 5.01 Å². The van der Waals surface area contributed by atoms with E-state index in [0.29, 0.717) is 17.1 Å². The molecule has 1 atom stereocenters. The Labute approximate surface area is 204 Å². The average Bonchev–Trinajstić information content (AvgIpc) is 3.32. The number of hydrogen-bond donors (Lipinski definition) is 1. The number of hydrogen-bond acceptors (Lipinski definition) is 6. The lowest BCUT2D eigenvalue weighted by Crippen LogP contribution is -2.33. The molecule has 0 radical (unpaired) electrons. The van der Waals surface area contributed by atoms with Gasteiger partial charge in [0.2, 0.25) is 5.78 Å². The summed E-state index contributed by atoms with van der Waals surface area (Å²) in [4.78, 5) is 35.7. The maximum absolute atomic E-state index is 13.8. The van der Waals surface area contributed by atoms with E-state index in [1.807, 2.05) is 80.5 Å². The van der Waals surface area contributed by atoms with Crippen molar-refractivity contribution in [3.63, 3.8) is 0 Å². The Morgan fingerprint density at radius 2 is 1.76 bits per heavy atom. The molecule has 3 aromatic rings. The second kappa shape index (κ2) is 9.91. The first-order valence-electron chi connectivity index (χ1n) is 11.3. The Kier molecular flexibility index (Phi) is 6.95. The average molecular weight is 476 g/mol. The van der Waals surface area contributed by atoms with Crippen molar-refractivity contribution in [3.8, 4) is 10.6 Å². The maximum atomic E-state index is 13.8. The van der Waals surface area contributed by atoms with Crippen molar-refractivity contribution < 1.29 is 14.7 Å². The molecular weight excluding hydrogens is 446 g/mol. The highest BCUT2D eigenvalue weighted by molar-refractivity contribution is 7.17. The summed E-state index contributed by atoms with van der Waals surface area (Å²) in [6.07, 6.45) is 0.730. The molecule has 7 heteroatoms. The van der Waals surface area contributed by atoms with Crippen LogP contribution in [-0.2, 0) is 4.79 Å². The van der Waals surface area contributed by atoms with Crippen molar-refractivity contribution in [2.45, 2.75) is 26.3 Å². The summed E-state index contributed by atoms with van der Waals surface area (Å²) in [6.45, 7) is 5.01. The predicted molar refractivity (Wildman–Crippen MR) is 135 cm³/mol. The Morgan fingerprint density at radius 1 is 1.09 bits per heavy atom. The number of aryl methyl sites for hydroxylation is 2. The normalized spacial score (nSPS) is 16.1. The van der Waals surface area contributed by atoms with Gasteiger partial charge in [0.25, 0.3) is 5.91 Å². The van der Waals surface area contributed by atoms with Crippen LogP contribution in [0.3, 0.4) is 0 Å². The highest BCUT2D eigenvalue weighted by atomic mass is 32.1. The minimum absolute atomic E-state index is 0.130. The fraction of sp³-hybridized carbons (Fsp3) is 0.296. The number of aromatic nitrogens is 1. The van der Waals surface area contributed by atoms with Gasteiger partial charge in [0.05, 0.1) is 22.2 Å². The molecule has 176 valence electrons. The summed E-state index contributed by atoms with van der Waals surface area (Å²) in [5.74, 6) is -1.31. The molecule has 0 spiro atoms. The third-order valence-electron chi connectivity index (χ3n) is 5.97. The van der Waals surface area contributed by atoms with Gasteiger partial charge in [0.15, 0.2) is 5.76 Å². The summed E-state index contributed by atoms with van der Waals surface area (Å²) < 4.78 is 0. The first-order valence-corrected chi connectivity index (χ1v) is 12.1. The fourth-order valence-electron chi connectivity index (χ4n) is 4.20. The van der Waals surface area contributed by atoms with Gasteiger partial charge < -0.3 is 14.9 Å². The molecular formula is C27H29N3O3S. The molecule has 0 aliphatic carbocycles. The number of ketones is 1. The number of nitrogens with zero attached hydrogens (tertiary/aromatic N) is 3. The number of Topliss-reactive ketones (excluding diaryl/α,β-unsaturated/α-hetero) is 1. The first-order chi connectivity index (χ1) is 16.3. The zero-order valence-corrected chi connectivity index (χ0v) is 20.7. The molecule has 1 unspecified atom stereocenters. The lowest BCUT2D eigenvalue weighted by atomic mass is 9.94. The Morgan fingerprint density at radius 3 is 2.41 bits per heavy atom. The van der Waals surface area contributed by atoms with Crippen LogP contribution >= 0.6 is 11.3 Å². The number of benzene rings is 2.